The van der Waals surface area contributed by atoms with Crippen LogP contribution in [0.25, 0.3) is 11.0 Å². The molecule has 8 heteroatoms. The number of hydrogen-bond donors (Lipinski definition) is 1. The van der Waals surface area contributed by atoms with E-state index in [0.717, 1.165) is 27.8 Å². The lowest BCUT2D eigenvalue weighted by molar-refractivity contribution is -0.120. The summed E-state index contributed by atoms with van der Waals surface area (Å²) in [6.45, 7) is 1.07. The molecule has 4 aromatic rings. The Morgan fingerprint density at radius 1 is 1.09 bits per heavy atom. The Bertz CT molecular complexity index is 1320. The summed E-state index contributed by atoms with van der Waals surface area (Å²) in [7, 11) is 0. The first kappa shape index (κ1) is 21.2. The second kappa shape index (κ2) is 9.03. The molecular formula is C25H22ClN5O2. The summed E-state index contributed by atoms with van der Waals surface area (Å²) in [5.74, 6) is 0.114. The largest absolute Gasteiger partial charge is 0.355 e. The van der Waals surface area contributed by atoms with E-state index in [1.807, 2.05) is 72.8 Å². The van der Waals surface area contributed by atoms with Crippen LogP contribution in [0.2, 0.25) is 5.02 Å². The van der Waals surface area contributed by atoms with Crippen LogP contribution in [0.3, 0.4) is 0 Å². The third-order valence-corrected chi connectivity index (χ3v) is 6.12. The molecule has 7 nitrogen and oxygen atoms in total. The summed E-state index contributed by atoms with van der Waals surface area (Å²) < 4.78 is 1.62. The Hall–Kier alpha value is -3.71. The van der Waals surface area contributed by atoms with Gasteiger partial charge in [-0.15, -0.1) is 5.10 Å². The molecule has 0 bridgehead atoms. The number of benzene rings is 3. The van der Waals surface area contributed by atoms with E-state index in [4.69, 9.17) is 11.6 Å². The predicted octanol–water partition coefficient (Wildman–Crippen LogP) is 3.92. The van der Waals surface area contributed by atoms with Gasteiger partial charge in [-0.25, -0.2) is 4.68 Å². The number of carbonyl (C=O) groups excluding carboxylic acids is 2. The van der Waals surface area contributed by atoms with Gasteiger partial charge >= 0.3 is 0 Å². The van der Waals surface area contributed by atoms with Crippen LogP contribution >= 0.6 is 11.6 Å². The molecule has 166 valence electrons. The first-order valence-electron chi connectivity index (χ1n) is 10.8. The zero-order valence-electron chi connectivity index (χ0n) is 17.8. The van der Waals surface area contributed by atoms with Gasteiger partial charge in [0, 0.05) is 29.6 Å². The van der Waals surface area contributed by atoms with Crippen molar-refractivity contribution in [3.05, 3.63) is 88.9 Å². The summed E-state index contributed by atoms with van der Waals surface area (Å²) in [5, 5.41) is 11.8. The number of nitrogens with zero attached hydrogens (tertiary/aromatic N) is 4. The van der Waals surface area contributed by atoms with Crippen molar-refractivity contribution in [2.24, 2.45) is 0 Å². The quantitative estimate of drug-likeness (QED) is 0.474. The minimum atomic E-state index is -0.115. The summed E-state index contributed by atoms with van der Waals surface area (Å²) >= 11 is 6.18. The first-order valence-corrected chi connectivity index (χ1v) is 11.1. The molecule has 2 heterocycles. The third kappa shape index (κ3) is 4.59. The zero-order valence-corrected chi connectivity index (χ0v) is 18.6. The van der Waals surface area contributed by atoms with Crippen molar-refractivity contribution in [3.63, 3.8) is 0 Å². The van der Waals surface area contributed by atoms with Crippen LogP contribution in [0.5, 0.6) is 0 Å². The molecule has 1 aliphatic rings. The number of halogens is 1. The van der Waals surface area contributed by atoms with Gasteiger partial charge in [0.15, 0.2) is 0 Å². The van der Waals surface area contributed by atoms with Crippen LogP contribution < -0.4 is 10.2 Å². The number of carbonyl (C=O) groups is 2. The van der Waals surface area contributed by atoms with Crippen molar-refractivity contribution in [1.29, 1.82) is 0 Å². The molecule has 1 fully saturated rings. The van der Waals surface area contributed by atoms with Crippen molar-refractivity contribution in [2.45, 2.75) is 25.4 Å². The van der Waals surface area contributed by atoms with Crippen molar-refractivity contribution in [2.75, 3.05) is 11.4 Å². The number of rotatable bonds is 6. The van der Waals surface area contributed by atoms with E-state index in [2.05, 4.69) is 15.6 Å². The molecule has 2 amide bonds. The molecular weight excluding hydrogens is 438 g/mol. The minimum absolute atomic E-state index is 0.0594. The number of aromatic nitrogens is 3. The Labute approximate surface area is 196 Å². The fourth-order valence-corrected chi connectivity index (χ4v) is 4.37. The van der Waals surface area contributed by atoms with Gasteiger partial charge < -0.3 is 10.2 Å². The van der Waals surface area contributed by atoms with E-state index in [1.54, 1.807) is 9.58 Å². The lowest BCUT2D eigenvalue weighted by Crippen LogP contribution is -2.33. The molecule has 1 N–H and O–H groups in total. The lowest BCUT2D eigenvalue weighted by Gasteiger charge is -2.24. The lowest BCUT2D eigenvalue weighted by atomic mass is 9.98. The van der Waals surface area contributed by atoms with Crippen LogP contribution in [-0.4, -0.2) is 33.4 Å². The average molecular weight is 460 g/mol. The van der Waals surface area contributed by atoms with Crippen molar-refractivity contribution < 1.29 is 9.59 Å². The molecule has 1 aromatic heterocycles. The van der Waals surface area contributed by atoms with Crippen LogP contribution in [0.4, 0.5) is 5.69 Å². The maximum Gasteiger partial charge on any atom is 0.249 e. The third-order valence-electron chi connectivity index (χ3n) is 5.89. The van der Waals surface area contributed by atoms with Gasteiger partial charge in [-0.3, -0.25) is 9.59 Å². The van der Waals surface area contributed by atoms with Gasteiger partial charge in [0.2, 0.25) is 11.8 Å². The van der Waals surface area contributed by atoms with Crippen LogP contribution in [0, 0.1) is 0 Å². The van der Waals surface area contributed by atoms with Crippen LogP contribution in [-0.2, 0) is 22.7 Å². The van der Waals surface area contributed by atoms with E-state index >= 15 is 0 Å². The van der Waals surface area contributed by atoms with Crippen molar-refractivity contribution >= 4 is 40.1 Å². The average Bonchev–Trinajstić information content (AvgIpc) is 3.44. The Balaban J connectivity index is 1.43. The molecule has 0 radical (unpaired) electrons. The van der Waals surface area contributed by atoms with Crippen molar-refractivity contribution in [1.82, 2.24) is 20.3 Å². The fourth-order valence-electron chi connectivity index (χ4n) is 4.16. The van der Waals surface area contributed by atoms with Crippen molar-refractivity contribution in [3.8, 4) is 0 Å². The van der Waals surface area contributed by atoms with Gasteiger partial charge in [-0.05, 0) is 47.5 Å². The van der Waals surface area contributed by atoms with E-state index in [1.165, 1.54) is 0 Å². The number of anilines is 1. The smallest absolute Gasteiger partial charge is 0.249 e. The highest BCUT2D eigenvalue weighted by molar-refractivity contribution is 6.30. The molecule has 1 saturated heterocycles. The maximum absolute atomic E-state index is 13.5. The number of fused-ring (bicyclic) bond motifs is 1. The summed E-state index contributed by atoms with van der Waals surface area (Å²) in [6.07, 6.45) is 0.490. The SMILES string of the molecule is O=C1CC(c2ccc(N(Cc3cccc(Cl)c3)C(=O)Cn3nnc4ccccc43)cc2)CN1. The van der Waals surface area contributed by atoms with Crippen LogP contribution in [0.15, 0.2) is 72.8 Å². The number of nitrogens with one attached hydrogen (secondary N) is 1. The molecule has 33 heavy (non-hydrogen) atoms. The van der Waals surface area contributed by atoms with Gasteiger partial charge in [0.1, 0.15) is 12.1 Å². The fraction of sp³-hybridized carbons (Fsp3) is 0.200. The van der Waals surface area contributed by atoms with Gasteiger partial charge in [0.25, 0.3) is 0 Å². The van der Waals surface area contributed by atoms with E-state index in [0.29, 0.717) is 24.5 Å². The van der Waals surface area contributed by atoms with E-state index in [-0.39, 0.29) is 24.3 Å². The normalized spacial score (nSPS) is 15.5. The molecule has 0 spiro atoms. The molecule has 3 aromatic carbocycles. The summed E-state index contributed by atoms with van der Waals surface area (Å²) in [4.78, 5) is 26.8. The second-order valence-electron chi connectivity index (χ2n) is 8.14. The summed E-state index contributed by atoms with van der Waals surface area (Å²) in [6, 6.07) is 22.9. The second-order valence-corrected chi connectivity index (χ2v) is 8.58. The monoisotopic (exact) mass is 459 g/mol. The topological polar surface area (TPSA) is 80.1 Å². The molecule has 0 saturated carbocycles. The number of hydrogen-bond acceptors (Lipinski definition) is 4. The van der Waals surface area contributed by atoms with Gasteiger partial charge in [-0.1, -0.05) is 53.2 Å². The van der Waals surface area contributed by atoms with Gasteiger partial charge in [0.05, 0.1) is 12.1 Å². The Kier molecular flexibility index (Phi) is 5.79. The summed E-state index contributed by atoms with van der Waals surface area (Å²) in [5.41, 5.74) is 4.33. The molecule has 5 rings (SSSR count). The van der Waals surface area contributed by atoms with Gasteiger partial charge in [-0.2, -0.15) is 0 Å². The molecule has 1 unspecified atom stereocenters. The molecule has 1 aliphatic heterocycles. The van der Waals surface area contributed by atoms with E-state index in [9.17, 15) is 9.59 Å². The standard InChI is InChI=1S/C25H22ClN5O2/c26-20-5-3-4-17(12-20)15-30(21-10-8-18(9-11-21)19-13-24(32)27-14-19)25(33)16-31-23-7-2-1-6-22(23)28-29-31/h1-12,19H,13-16H2,(H,27,32). The Morgan fingerprint density at radius 2 is 1.91 bits per heavy atom. The minimum Gasteiger partial charge on any atom is -0.355 e. The predicted molar refractivity (Wildman–Crippen MR) is 127 cm³/mol. The van der Waals surface area contributed by atoms with Crippen LogP contribution in [0.1, 0.15) is 23.5 Å². The highest BCUT2D eigenvalue weighted by Gasteiger charge is 2.24. The molecule has 1 atom stereocenters. The maximum atomic E-state index is 13.5. The first-order chi connectivity index (χ1) is 16.1. The highest BCUT2D eigenvalue weighted by atomic mass is 35.5. The number of amides is 2. The molecule has 0 aliphatic carbocycles. The Morgan fingerprint density at radius 3 is 2.67 bits per heavy atom. The number of para-hydroxylation sites is 1. The van der Waals surface area contributed by atoms with E-state index < -0.39 is 0 Å². The zero-order chi connectivity index (χ0) is 22.8. The highest BCUT2D eigenvalue weighted by Crippen LogP contribution is 2.27.